The number of ether oxygens (including phenoxy) is 1. The van der Waals surface area contributed by atoms with Crippen LogP contribution in [0.15, 0.2) is 0 Å². The Kier molecular flexibility index (Phi) is 3.94. The second kappa shape index (κ2) is 5.27. The molecule has 0 N–H and O–H groups in total. The Hall–Kier alpha value is -0.740. The minimum atomic E-state index is 0.321. The Balaban J connectivity index is 2.26. The maximum Gasteiger partial charge on any atom is 0.131 e. The molecular formula is C12H20ClN3O. The van der Waals surface area contributed by atoms with Gasteiger partial charge in [-0.3, -0.25) is 4.68 Å². The van der Waals surface area contributed by atoms with E-state index < -0.39 is 0 Å². The zero-order valence-electron chi connectivity index (χ0n) is 10.7. The molecule has 1 unspecified atom stereocenters. The van der Waals surface area contributed by atoms with E-state index in [4.69, 9.17) is 16.3 Å². The average Bonchev–Trinajstić information content (AvgIpc) is 2.63. The largest absolute Gasteiger partial charge is 0.375 e. The first kappa shape index (κ1) is 12.7. The van der Waals surface area contributed by atoms with Crippen LogP contribution in [0, 0.1) is 6.92 Å². The number of nitrogens with zero attached hydrogens (tertiary/aromatic N) is 3. The van der Waals surface area contributed by atoms with Gasteiger partial charge < -0.3 is 9.64 Å². The molecule has 1 saturated heterocycles. The number of aryl methyl sites for hydroxylation is 2. The Morgan fingerprint density at radius 2 is 2.29 bits per heavy atom. The second-order valence-electron chi connectivity index (χ2n) is 4.49. The summed E-state index contributed by atoms with van der Waals surface area (Å²) in [5, 5.41) is 4.46. The Labute approximate surface area is 107 Å². The summed E-state index contributed by atoms with van der Waals surface area (Å²) < 4.78 is 7.63. The van der Waals surface area contributed by atoms with Gasteiger partial charge in [-0.05, 0) is 13.3 Å². The zero-order valence-corrected chi connectivity index (χ0v) is 11.5. The molecule has 0 aliphatic carbocycles. The molecule has 0 bridgehead atoms. The summed E-state index contributed by atoms with van der Waals surface area (Å²) in [6.45, 7) is 6.80. The van der Waals surface area contributed by atoms with E-state index in [1.807, 2.05) is 18.7 Å². The Morgan fingerprint density at radius 1 is 1.53 bits per heavy atom. The molecule has 0 aromatic carbocycles. The molecule has 1 atom stereocenters. The SMILES string of the molecule is CCC1CN(c2c(CCl)c(C)nn2C)CCO1. The second-order valence-corrected chi connectivity index (χ2v) is 4.76. The van der Waals surface area contributed by atoms with Crippen LogP contribution in [0.5, 0.6) is 0 Å². The summed E-state index contributed by atoms with van der Waals surface area (Å²) >= 11 is 6.03. The van der Waals surface area contributed by atoms with Gasteiger partial charge in [-0.1, -0.05) is 6.92 Å². The lowest BCUT2D eigenvalue weighted by Crippen LogP contribution is -2.43. The van der Waals surface area contributed by atoms with E-state index in [9.17, 15) is 0 Å². The third kappa shape index (κ3) is 2.43. The van der Waals surface area contributed by atoms with Gasteiger partial charge in [-0.15, -0.1) is 11.6 Å². The highest BCUT2D eigenvalue weighted by molar-refractivity contribution is 6.17. The van der Waals surface area contributed by atoms with Crippen molar-refractivity contribution in [2.45, 2.75) is 32.3 Å². The standard InChI is InChI=1S/C12H20ClN3O/c1-4-10-8-16(5-6-17-10)12-11(7-13)9(2)14-15(12)3/h10H,4-8H2,1-3H3. The van der Waals surface area contributed by atoms with E-state index in [1.165, 1.54) is 0 Å². The van der Waals surface area contributed by atoms with Gasteiger partial charge in [-0.25, -0.2) is 0 Å². The van der Waals surface area contributed by atoms with Crippen LogP contribution in [0.4, 0.5) is 5.82 Å². The fourth-order valence-electron chi connectivity index (χ4n) is 2.40. The third-order valence-electron chi connectivity index (χ3n) is 3.34. The summed E-state index contributed by atoms with van der Waals surface area (Å²) in [7, 11) is 1.98. The predicted octanol–water partition coefficient (Wildman–Crippen LogP) is 2.08. The van der Waals surface area contributed by atoms with Crippen LogP contribution in [0.1, 0.15) is 24.6 Å². The molecule has 1 aromatic rings. The molecule has 5 heteroatoms. The first-order valence-electron chi connectivity index (χ1n) is 6.12. The molecule has 2 heterocycles. The summed E-state index contributed by atoms with van der Waals surface area (Å²) in [5.74, 6) is 1.67. The molecule has 1 fully saturated rings. The van der Waals surface area contributed by atoms with Gasteiger partial charge in [0.25, 0.3) is 0 Å². The van der Waals surface area contributed by atoms with Crippen LogP contribution in [0.25, 0.3) is 0 Å². The topological polar surface area (TPSA) is 30.3 Å². The minimum Gasteiger partial charge on any atom is -0.375 e. The Bertz CT molecular complexity index is 391. The zero-order chi connectivity index (χ0) is 12.4. The van der Waals surface area contributed by atoms with Gasteiger partial charge >= 0.3 is 0 Å². The van der Waals surface area contributed by atoms with Crippen molar-refractivity contribution in [3.05, 3.63) is 11.3 Å². The van der Waals surface area contributed by atoms with Gasteiger partial charge in [0.15, 0.2) is 0 Å². The van der Waals surface area contributed by atoms with E-state index in [-0.39, 0.29) is 0 Å². The molecule has 0 radical (unpaired) electrons. The van der Waals surface area contributed by atoms with Crippen LogP contribution in [-0.2, 0) is 17.7 Å². The maximum absolute atomic E-state index is 6.03. The van der Waals surface area contributed by atoms with Crippen molar-refractivity contribution < 1.29 is 4.74 Å². The van der Waals surface area contributed by atoms with Crippen molar-refractivity contribution in [2.24, 2.45) is 7.05 Å². The molecule has 1 aromatic heterocycles. The van der Waals surface area contributed by atoms with E-state index in [0.717, 1.165) is 43.2 Å². The normalized spacial score (nSPS) is 20.9. The minimum absolute atomic E-state index is 0.321. The summed E-state index contributed by atoms with van der Waals surface area (Å²) in [4.78, 5) is 2.34. The van der Waals surface area contributed by atoms with Crippen LogP contribution >= 0.6 is 11.6 Å². The molecular weight excluding hydrogens is 238 g/mol. The van der Waals surface area contributed by atoms with Gasteiger partial charge in [0, 0.05) is 25.7 Å². The molecule has 1 aliphatic rings. The highest BCUT2D eigenvalue weighted by Crippen LogP contribution is 2.26. The number of anilines is 1. The van der Waals surface area contributed by atoms with E-state index in [0.29, 0.717) is 12.0 Å². The highest BCUT2D eigenvalue weighted by atomic mass is 35.5. The van der Waals surface area contributed by atoms with Crippen molar-refractivity contribution in [3.63, 3.8) is 0 Å². The quantitative estimate of drug-likeness (QED) is 0.777. The summed E-state index contributed by atoms with van der Waals surface area (Å²) in [5.41, 5.74) is 2.17. The molecule has 0 amide bonds. The molecule has 0 spiro atoms. The monoisotopic (exact) mass is 257 g/mol. The lowest BCUT2D eigenvalue weighted by atomic mass is 10.2. The van der Waals surface area contributed by atoms with Crippen molar-refractivity contribution in [1.29, 1.82) is 0 Å². The lowest BCUT2D eigenvalue weighted by molar-refractivity contribution is 0.0379. The summed E-state index contributed by atoms with van der Waals surface area (Å²) in [6, 6.07) is 0. The highest BCUT2D eigenvalue weighted by Gasteiger charge is 2.24. The Morgan fingerprint density at radius 3 is 2.94 bits per heavy atom. The van der Waals surface area contributed by atoms with Gasteiger partial charge in [-0.2, -0.15) is 5.10 Å². The van der Waals surface area contributed by atoms with Crippen LogP contribution in [-0.4, -0.2) is 35.6 Å². The van der Waals surface area contributed by atoms with E-state index >= 15 is 0 Å². The van der Waals surface area contributed by atoms with Crippen LogP contribution in [0.2, 0.25) is 0 Å². The fourth-order valence-corrected chi connectivity index (χ4v) is 2.71. The maximum atomic E-state index is 6.03. The molecule has 17 heavy (non-hydrogen) atoms. The van der Waals surface area contributed by atoms with Crippen molar-refractivity contribution >= 4 is 17.4 Å². The number of aromatic nitrogens is 2. The smallest absolute Gasteiger partial charge is 0.131 e. The van der Waals surface area contributed by atoms with Gasteiger partial charge in [0.2, 0.25) is 0 Å². The van der Waals surface area contributed by atoms with Crippen molar-refractivity contribution in [3.8, 4) is 0 Å². The first-order chi connectivity index (χ1) is 8.17. The summed E-state index contributed by atoms with van der Waals surface area (Å²) in [6.07, 6.45) is 1.37. The number of hydrogen-bond donors (Lipinski definition) is 0. The van der Waals surface area contributed by atoms with Crippen molar-refractivity contribution in [1.82, 2.24) is 9.78 Å². The van der Waals surface area contributed by atoms with Gasteiger partial charge in [0.05, 0.1) is 24.3 Å². The number of hydrogen-bond acceptors (Lipinski definition) is 3. The molecule has 4 nitrogen and oxygen atoms in total. The number of morpholine rings is 1. The van der Waals surface area contributed by atoms with Crippen LogP contribution < -0.4 is 4.90 Å². The van der Waals surface area contributed by atoms with Crippen LogP contribution in [0.3, 0.4) is 0 Å². The lowest BCUT2D eigenvalue weighted by Gasteiger charge is -2.34. The van der Waals surface area contributed by atoms with E-state index in [2.05, 4.69) is 16.9 Å². The third-order valence-corrected chi connectivity index (χ3v) is 3.61. The van der Waals surface area contributed by atoms with Gasteiger partial charge in [0.1, 0.15) is 5.82 Å². The van der Waals surface area contributed by atoms with E-state index in [1.54, 1.807) is 0 Å². The molecule has 96 valence electrons. The predicted molar refractivity (Wildman–Crippen MR) is 69.7 cm³/mol. The average molecular weight is 258 g/mol. The number of halogens is 1. The fraction of sp³-hybridized carbons (Fsp3) is 0.750. The number of alkyl halides is 1. The van der Waals surface area contributed by atoms with Crippen molar-refractivity contribution in [2.75, 3.05) is 24.6 Å². The number of rotatable bonds is 3. The molecule has 1 aliphatic heterocycles. The molecule has 0 saturated carbocycles. The first-order valence-corrected chi connectivity index (χ1v) is 6.65. The molecule has 2 rings (SSSR count).